The van der Waals surface area contributed by atoms with Gasteiger partial charge in [-0.05, 0) is 13.0 Å². The number of hydrogen-bond donors (Lipinski definition) is 0. The summed E-state index contributed by atoms with van der Waals surface area (Å²) >= 11 is 13.6. The molecule has 6 heteroatoms. The van der Waals surface area contributed by atoms with E-state index in [4.69, 9.17) is 23.2 Å². The van der Waals surface area contributed by atoms with E-state index in [0.29, 0.717) is 15.7 Å². The highest BCUT2D eigenvalue weighted by molar-refractivity contribution is 7.09. The molecule has 0 fully saturated rings. The van der Waals surface area contributed by atoms with E-state index in [-0.39, 0.29) is 0 Å². The Morgan fingerprint density at radius 2 is 2.00 bits per heavy atom. The van der Waals surface area contributed by atoms with E-state index in [0.717, 1.165) is 16.4 Å². The normalized spacial score (nSPS) is 11.2. The van der Waals surface area contributed by atoms with Crippen molar-refractivity contribution < 1.29 is 0 Å². The first-order chi connectivity index (χ1) is 8.13. The van der Waals surface area contributed by atoms with Crippen molar-refractivity contribution in [1.29, 1.82) is 0 Å². The fourth-order valence-electron chi connectivity index (χ4n) is 1.63. The van der Waals surface area contributed by atoms with Gasteiger partial charge < -0.3 is 4.40 Å². The summed E-state index contributed by atoms with van der Waals surface area (Å²) in [5.41, 5.74) is 2.36. The van der Waals surface area contributed by atoms with Crippen LogP contribution in [0.3, 0.4) is 0 Å². The quantitative estimate of drug-likeness (QED) is 0.674. The van der Waals surface area contributed by atoms with E-state index in [2.05, 4.69) is 9.97 Å². The van der Waals surface area contributed by atoms with Gasteiger partial charge in [0.2, 0.25) is 0 Å². The van der Waals surface area contributed by atoms with Gasteiger partial charge in [-0.3, -0.25) is 0 Å². The van der Waals surface area contributed by atoms with Gasteiger partial charge in [-0.15, -0.1) is 11.3 Å². The molecule has 0 aliphatic rings. The molecule has 3 aromatic heterocycles. The Bertz CT molecular complexity index is 702. The molecule has 0 spiro atoms. The zero-order valence-electron chi connectivity index (χ0n) is 8.82. The molecule has 0 radical (unpaired) electrons. The molecular weight excluding hydrogens is 277 g/mol. The van der Waals surface area contributed by atoms with Crippen LogP contribution in [0.2, 0.25) is 10.0 Å². The smallest absolute Gasteiger partial charge is 0.156 e. The average molecular weight is 284 g/mol. The molecule has 0 aliphatic heterocycles. The van der Waals surface area contributed by atoms with Crippen molar-refractivity contribution in [3.8, 4) is 11.4 Å². The van der Waals surface area contributed by atoms with E-state index in [1.807, 2.05) is 22.9 Å². The third-order valence-corrected chi connectivity index (χ3v) is 3.61. The minimum Gasteiger partial charge on any atom is -0.304 e. The van der Waals surface area contributed by atoms with E-state index in [1.54, 1.807) is 23.6 Å². The fourth-order valence-corrected chi connectivity index (χ4v) is 2.76. The van der Waals surface area contributed by atoms with Gasteiger partial charge in [-0.25, -0.2) is 9.97 Å². The lowest BCUT2D eigenvalue weighted by atomic mass is 10.4. The van der Waals surface area contributed by atoms with Gasteiger partial charge in [0.1, 0.15) is 11.4 Å². The molecule has 0 saturated heterocycles. The van der Waals surface area contributed by atoms with Gasteiger partial charge in [0.05, 0.1) is 15.1 Å². The number of hydrogen-bond acceptors (Lipinski definition) is 3. The molecule has 0 aliphatic carbocycles. The Morgan fingerprint density at radius 3 is 2.71 bits per heavy atom. The lowest BCUT2D eigenvalue weighted by molar-refractivity contribution is 1.19. The lowest BCUT2D eigenvalue weighted by Gasteiger charge is -1.95. The van der Waals surface area contributed by atoms with Gasteiger partial charge in [0.25, 0.3) is 0 Å². The van der Waals surface area contributed by atoms with Crippen molar-refractivity contribution in [2.45, 2.75) is 6.92 Å². The first-order valence-electron chi connectivity index (χ1n) is 4.90. The maximum absolute atomic E-state index is 6.08. The first-order valence-corrected chi connectivity index (χ1v) is 6.53. The second-order valence-electron chi connectivity index (χ2n) is 3.62. The van der Waals surface area contributed by atoms with Crippen molar-refractivity contribution in [1.82, 2.24) is 14.4 Å². The molecule has 0 aromatic carbocycles. The molecule has 0 bridgehead atoms. The van der Waals surface area contributed by atoms with E-state index < -0.39 is 0 Å². The molecule has 3 aromatic rings. The predicted octanol–water partition coefficient (Wildman–Crippen LogP) is 4.07. The Balaban J connectivity index is 2.23. The molecule has 86 valence electrons. The zero-order chi connectivity index (χ0) is 12.0. The van der Waals surface area contributed by atoms with Crippen LogP contribution < -0.4 is 0 Å². The molecule has 3 rings (SSSR count). The average Bonchev–Trinajstić information content (AvgIpc) is 2.83. The van der Waals surface area contributed by atoms with Gasteiger partial charge in [-0.1, -0.05) is 23.2 Å². The third kappa shape index (κ3) is 1.92. The van der Waals surface area contributed by atoms with Crippen LogP contribution in [0.1, 0.15) is 5.01 Å². The molecule has 0 amide bonds. The van der Waals surface area contributed by atoms with Crippen LogP contribution in [0.25, 0.3) is 17.0 Å². The number of pyridine rings is 1. The minimum atomic E-state index is 0.538. The predicted molar refractivity (Wildman–Crippen MR) is 71.1 cm³/mol. The number of nitrogens with zero attached hydrogens (tertiary/aromatic N) is 3. The van der Waals surface area contributed by atoms with Crippen molar-refractivity contribution in [2.24, 2.45) is 0 Å². The van der Waals surface area contributed by atoms with Gasteiger partial charge >= 0.3 is 0 Å². The molecule has 17 heavy (non-hydrogen) atoms. The summed E-state index contributed by atoms with van der Waals surface area (Å²) in [4.78, 5) is 8.85. The maximum Gasteiger partial charge on any atom is 0.156 e. The van der Waals surface area contributed by atoms with Crippen molar-refractivity contribution >= 4 is 40.2 Å². The molecule has 0 N–H and O–H groups in total. The monoisotopic (exact) mass is 283 g/mol. The number of halogens is 2. The molecule has 0 saturated carbocycles. The summed E-state index contributed by atoms with van der Waals surface area (Å²) < 4.78 is 1.81. The largest absolute Gasteiger partial charge is 0.304 e. The number of thiazole rings is 1. The highest BCUT2D eigenvalue weighted by atomic mass is 35.5. The summed E-state index contributed by atoms with van der Waals surface area (Å²) in [5.74, 6) is 0. The van der Waals surface area contributed by atoms with Gasteiger partial charge in [0, 0.05) is 17.8 Å². The zero-order valence-corrected chi connectivity index (χ0v) is 11.1. The molecular formula is C11H7Cl2N3S. The van der Waals surface area contributed by atoms with Crippen molar-refractivity contribution in [2.75, 3.05) is 0 Å². The molecule has 0 unspecified atom stereocenters. The van der Waals surface area contributed by atoms with Gasteiger partial charge in [-0.2, -0.15) is 0 Å². The highest BCUT2D eigenvalue weighted by Gasteiger charge is 2.10. The Morgan fingerprint density at radius 1 is 1.18 bits per heavy atom. The number of rotatable bonds is 1. The van der Waals surface area contributed by atoms with E-state index >= 15 is 0 Å². The Kier molecular flexibility index (Phi) is 2.58. The summed E-state index contributed by atoms with van der Waals surface area (Å²) in [7, 11) is 0. The van der Waals surface area contributed by atoms with Crippen LogP contribution in [0.5, 0.6) is 0 Å². The molecule has 3 heterocycles. The van der Waals surface area contributed by atoms with E-state index in [1.165, 1.54) is 0 Å². The van der Waals surface area contributed by atoms with Crippen LogP contribution in [-0.4, -0.2) is 14.4 Å². The third-order valence-electron chi connectivity index (χ3n) is 2.35. The fraction of sp³-hybridized carbons (Fsp3) is 0.0909. The van der Waals surface area contributed by atoms with Gasteiger partial charge in [0.15, 0.2) is 5.65 Å². The standard InChI is InChI=1S/C11H7Cl2N3S/c1-6-14-10(5-17-6)9-4-16-3-7(12)2-8(13)11(16)15-9/h2-5H,1H3. The first kappa shape index (κ1) is 11.0. The maximum atomic E-state index is 6.08. The second kappa shape index (κ2) is 3.98. The highest BCUT2D eigenvalue weighted by Crippen LogP contribution is 2.26. The molecule has 3 nitrogen and oxygen atoms in total. The number of aromatic nitrogens is 3. The summed E-state index contributed by atoms with van der Waals surface area (Å²) in [5, 5.41) is 4.12. The Hall–Kier alpha value is -1.10. The van der Waals surface area contributed by atoms with Crippen molar-refractivity contribution in [3.63, 3.8) is 0 Å². The number of fused-ring (bicyclic) bond motifs is 1. The van der Waals surface area contributed by atoms with Crippen LogP contribution >= 0.6 is 34.5 Å². The topological polar surface area (TPSA) is 30.2 Å². The summed E-state index contributed by atoms with van der Waals surface area (Å²) in [6, 6.07) is 1.68. The van der Waals surface area contributed by atoms with Crippen LogP contribution in [0.4, 0.5) is 0 Å². The van der Waals surface area contributed by atoms with Crippen LogP contribution in [-0.2, 0) is 0 Å². The van der Waals surface area contributed by atoms with Crippen molar-refractivity contribution in [3.05, 3.63) is 38.9 Å². The minimum absolute atomic E-state index is 0.538. The van der Waals surface area contributed by atoms with Crippen LogP contribution in [0.15, 0.2) is 23.8 Å². The summed E-state index contributed by atoms with van der Waals surface area (Å²) in [6.07, 6.45) is 3.65. The number of aryl methyl sites for hydroxylation is 1. The second-order valence-corrected chi connectivity index (χ2v) is 5.52. The van der Waals surface area contributed by atoms with Crippen LogP contribution in [0, 0.1) is 6.92 Å². The summed E-state index contributed by atoms with van der Waals surface area (Å²) in [6.45, 7) is 1.97. The Labute approximate surface area is 112 Å². The number of imidazole rings is 1. The SMILES string of the molecule is Cc1nc(-c2cn3cc(Cl)cc(Cl)c3n2)cs1. The molecule has 0 atom stereocenters. The van der Waals surface area contributed by atoms with E-state index in [9.17, 15) is 0 Å². The lowest BCUT2D eigenvalue weighted by Crippen LogP contribution is -1.82.